The van der Waals surface area contributed by atoms with E-state index in [1.807, 2.05) is 84.0 Å². The number of imide groups is 1. The van der Waals surface area contributed by atoms with Gasteiger partial charge in [0.1, 0.15) is 5.75 Å². The van der Waals surface area contributed by atoms with Crippen LogP contribution in [0.4, 0.5) is 5.69 Å². The number of nitrogens with zero attached hydrogens (tertiary/aromatic N) is 1. The van der Waals surface area contributed by atoms with Crippen LogP contribution in [0.3, 0.4) is 0 Å². The van der Waals surface area contributed by atoms with Crippen molar-refractivity contribution in [2.45, 2.75) is 52.9 Å². The molecule has 1 heterocycles. The number of carbonyl (C=O) groups is 2. The number of carbonyl (C=O) groups excluding carboxylic acids is 2. The molecule has 2 aromatic carbocycles. The highest BCUT2D eigenvalue weighted by Gasteiger charge is 2.41. The van der Waals surface area contributed by atoms with Gasteiger partial charge in [0, 0.05) is 5.25 Å². The van der Waals surface area contributed by atoms with Crippen LogP contribution in [-0.2, 0) is 9.59 Å². The van der Waals surface area contributed by atoms with Crippen molar-refractivity contribution in [1.82, 2.24) is 0 Å². The minimum atomic E-state index is -0.274. The van der Waals surface area contributed by atoms with E-state index in [2.05, 4.69) is 0 Å². The van der Waals surface area contributed by atoms with E-state index in [4.69, 9.17) is 4.74 Å². The summed E-state index contributed by atoms with van der Waals surface area (Å²) < 4.78 is 5.71. The molecule has 0 spiro atoms. The van der Waals surface area contributed by atoms with Crippen molar-refractivity contribution in [3.05, 3.63) is 64.1 Å². The molecule has 2 amide bonds. The van der Waals surface area contributed by atoms with E-state index in [0.29, 0.717) is 16.2 Å². The van der Waals surface area contributed by atoms with E-state index in [0.717, 1.165) is 22.4 Å². The van der Waals surface area contributed by atoms with Crippen molar-refractivity contribution in [2.75, 3.05) is 4.90 Å². The normalized spacial score (nSPS) is 14.6. The fraction of sp³-hybridized carbons (Fsp3) is 0.333. The predicted molar refractivity (Wildman–Crippen MR) is 120 cm³/mol. The summed E-state index contributed by atoms with van der Waals surface area (Å²) in [6, 6.07) is 13.1. The Morgan fingerprint density at radius 1 is 0.897 bits per heavy atom. The number of anilines is 1. The third-order valence-electron chi connectivity index (χ3n) is 4.73. The molecule has 0 saturated carbocycles. The lowest BCUT2D eigenvalue weighted by Crippen LogP contribution is -2.32. The summed E-state index contributed by atoms with van der Waals surface area (Å²) >= 11 is 1.44. The lowest BCUT2D eigenvalue weighted by atomic mass is 10.1. The van der Waals surface area contributed by atoms with Gasteiger partial charge in [0.05, 0.1) is 22.3 Å². The molecule has 0 bridgehead atoms. The molecule has 0 aromatic heterocycles. The highest BCUT2D eigenvalue weighted by atomic mass is 32.2. The Bertz CT molecular complexity index is 974. The summed E-state index contributed by atoms with van der Waals surface area (Å²) in [5.74, 6) is 0.217. The highest BCUT2D eigenvalue weighted by molar-refractivity contribution is 8.04. The number of thioether (sulfide) groups is 1. The Morgan fingerprint density at radius 2 is 1.55 bits per heavy atom. The molecule has 4 nitrogen and oxygen atoms in total. The third-order valence-corrected chi connectivity index (χ3v) is 5.81. The first kappa shape index (κ1) is 21.2. The molecule has 0 fully saturated rings. The zero-order valence-corrected chi connectivity index (χ0v) is 18.6. The average Bonchev–Trinajstić information content (AvgIpc) is 2.88. The van der Waals surface area contributed by atoms with Crippen LogP contribution >= 0.6 is 11.8 Å². The van der Waals surface area contributed by atoms with Crippen LogP contribution in [0, 0.1) is 13.8 Å². The van der Waals surface area contributed by atoms with Gasteiger partial charge in [0.25, 0.3) is 11.8 Å². The van der Waals surface area contributed by atoms with Gasteiger partial charge < -0.3 is 4.74 Å². The number of benzene rings is 2. The van der Waals surface area contributed by atoms with Crippen molar-refractivity contribution in [2.24, 2.45) is 0 Å². The lowest BCUT2D eigenvalue weighted by molar-refractivity contribution is -0.119. The van der Waals surface area contributed by atoms with Crippen molar-refractivity contribution >= 4 is 34.8 Å². The molecule has 5 heteroatoms. The van der Waals surface area contributed by atoms with Gasteiger partial charge in [-0.05, 0) is 62.6 Å². The van der Waals surface area contributed by atoms with Gasteiger partial charge in [0.15, 0.2) is 0 Å². The van der Waals surface area contributed by atoms with E-state index in [1.54, 1.807) is 0 Å². The molecule has 0 saturated heterocycles. The van der Waals surface area contributed by atoms with Gasteiger partial charge in [-0.25, -0.2) is 4.90 Å². The minimum Gasteiger partial charge on any atom is -0.491 e. The van der Waals surface area contributed by atoms with Crippen molar-refractivity contribution < 1.29 is 14.3 Å². The average molecular weight is 410 g/mol. The summed E-state index contributed by atoms with van der Waals surface area (Å²) in [6.45, 7) is 11.9. The van der Waals surface area contributed by atoms with Crippen molar-refractivity contribution in [3.8, 4) is 5.75 Å². The number of rotatable bonds is 6. The molecule has 0 unspecified atom stereocenters. The monoisotopic (exact) mass is 409 g/mol. The first-order chi connectivity index (χ1) is 13.7. The van der Waals surface area contributed by atoms with Crippen molar-refractivity contribution in [1.29, 1.82) is 0 Å². The summed E-state index contributed by atoms with van der Waals surface area (Å²) in [5.41, 5.74) is 3.83. The molecule has 0 aliphatic carbocycles. The van der Waals surface area contributed by atoms with Gasteiger partial charge in [-0.1, -0.05) is 38.1 Å². The van der Waals surface area contributed by atoms with Gasteiger partial charge in [-0.15, -0.1) is 11.8 Å². The Labute approximate surface area is 176 Å². The molecular weight excluding hydrogens is 382 g/mol. The zero-order chi connectivity index (χ0) is 21.3. The summed E-state index contributed by atoms with van der Waals surface area (Å²) in [4.78, 5) is 28.6. The quantitative estimate of drug-likeness (QED) is 0.590. The molecule has 152 valence electrons. The van der Waals surface area contributed by atoms with Crippen molar-refractivity contribution in [3.63, 3.8) is 0 Å². The SMILES string of the molecule is Cc1cccc(N2C(=O)C(SC(C)C)=C(c3ccc(OC(C)C)cc3)C2=O)c1C. The first-order valence-electron chi connectivity index (χ1n) is 9.83. The number of hydrogen-bond donors (Lipinski definition) is 0. The Hall–Kier alpha value is -2.53. The van der Waals surface area contributed by atoms with Gasteiger partial charge >= 0.3 is 0 Å². The summed E-state index contributed by atoms with van der Waals surface area (Å²) in [6.07, 6.45) is 0.0709. The van der Waals surface area contributed by atoms with E-state index in [9.17, 15) is 9.59 Å². The van der Waals surface area contributed by atoms with Crippen LogP contribution in [0.5, 0.6) is 5.75 Å². The van der Waals surface area contributed by atoms with Crippen LogP contribution in [-0.4, -0.2) is 23.2 Å². The molecule has 0 N–H and O–H groups in total. The van der Waals surface area contributed by atoms with Crippen LogP contribution in [0.25, 0.3) is 5.57 Å². The third kappa shape index (κ3) is 4.25. The topological polar surface area (TPSA) is 46.6 Å². The Kier molecular flexibility index (Phi) is 6.18. The smallest absolute Gasteiger partial charge is 0.272 e. The summed E-state index contributed by atoms with van der Waals surface area (Å²) in [7, 11) is 0. The second-order valence-corrected chi connectivity index (χ2v) is 9.31. The molecule has 0 atom stereocenters. The molecule has 3 rings (SSSR count). The predicted octanol–water partition coefficient (Wildman–Crippen LogP) is 5.52. The zero-order valence-electron chi connectivity index (χ0n) is 17.8. The molecule has 29 heavy (non-hydrogen) atoms. The summed E-state index contributed by atoms with van der Waals surface area (Å²) in [5, 5.41) is 0.179. The number of aryl methyl sites for hydroxylation is 1. The van der Waals surface area contributed by atoms with E-state index in [-0.39, 0.29) is 23.2 Å². The largest absolute Gasteiger partial charge is 0.491 e. The highest BCUT2D eigenvalue weighted by Crippen LogP contribution is 2.41. The number of ether oxygens (including phenoxy) is 1. The van der Waals surface area contributed by atoms with Crippen LogP contribution in [0.2, 0.25) is 0 Å². The standard InChI is InChI=1S/C24H27NO3S/c1-14(2)28-19-12-10-18(11-13-19)21-22(29-15(3)4)24(27)25(23(21)26)20-9-7-8-16(5)17(20)6/h7-15H,1-6H3. The fourth-order valence-electron chi connectivity index (χ4n) is 3.28. The molecule has 2 aromatic rings. The maximum Gasteiger partial charge on any atom is 0.272 e. The Morgan fingerprint density at radius 3 is 2.14 bits per heavy atom. The molecule has 1 aliphatic rings. The van der Waals surface area contributed by atoms with E-state index < -0.39 is 0 Å². The minimum absolute atomic E-state index is 0.0709. The maximum atomic E-state index is 13.4. The molecule has 1 aliphatic heterocycles. The Balaban J connectivity index is 2.07. The number of amides is 2. The maximum absolute atomic E-state index is 13.4. The first-order valence-corrected chi connectivity index (χ1v) is 10.7. The molecule has 0 radical (unpaired) electrons. The van der Waals surface area contributed by atoms with E-state index in [1.165, 1.54) is 16.7 Å². The second kappa shape index (κ2) is 8.46. The fourth-order valence-corrected chi connectivity index (χ4v) is 4.26. The number of hydrogen-bond acceptors (Lipinski definition) is 4. The van der Waals surface area contributed by atoms with E-state index >= 15 is 0 Å². The lowest BCUT2D eigenvalue weighted by Gasteiger charge is -2.19. The van der Waals surface area contributed by atoms with Gasteiger partial charge in [0.2, 0.25) is 0 Å². The van der Waals surface area contributed by atoms with Gasteiger partial charge in [-0.3, -0.25) is 9.59 Å². The van der Waals surface area contributed by atoms with Crippen LogP contribution < -0.4 is 9.64 Å². The van der Waals surface area contributed by atoms with Crippen LogP contribution in [0.1, 0.15) is 44.4 Å². The van der Waals surface area contributed by atoms with Crippen LogP contribution in [0.15, 0.2) is 47.4 Å². The molecular formula is C24H27NO3S. The second-order valence-electron chi connectivity index (χ2n) is 7.73. The van der Waals surface area contributed by atoms with Gasteiger partial charge in [-0.2, -0.15) is 0 Å².